The van der Waals surface area contributed by atoms with Crippen molar-refractivity contribution in [1.82, 2.24) is 0 Å². The summed E-state index contributed by atoms with van der Waals surface area (Å²) in [6.45, 7) is 6.17. The van der Waals surface area contributed by atoms with Crippen LogP contribution in [0.25, 0.3) is 10.8 Å². The van der Waals surface area contributed by atoms with E-state index in [1.807, 2.05) is 13.0 Å². The molecule has 0 saturated heterocycles. The molecule has 0 bridgehead atoms. The van der Waals surface area contributed by atoms with Crippen LogP contribution in [0.5, 0.6) is 0 Å². The largest absolute Gasteiger partial charge is 0.399 e. The van der Waals surface area contributed by atoms with E-state index in [1.54, 1.807) is 18.2 Å². The van der Waals surface area contributed by atoms with Crippen LogP contribution in [0.3, 0.4) is 0 Å². The number of nitrogens with two attached hydrogens (primary N) is 2. The predicted molar refractivity (Wildman–Crippen MR) is 106 cm³/mol. The number of anilines is 2. The van der Waals surface area contributed by atoms with E-state index in [-0.39, 0.29) is 0 Å². The van der Waals surface area contributed by atoms with Gasteiger partial charge in [-0.3, -0.25) is 0 Å². The molecule has 6 nitrogen and oxygen atoms in total. The van der Waals surface area contributed by atoms with Gasteiger partial charge in [-0.1, -0.05) is 17.7 Å². The van der Waals surface area contributed by atoms with Gasteiger partial charge >= 0.3 is 6.03 Å². The molecule has 3 aromatic carbocycles. The van der Waals surface area contributed by atoms with Gasteiger partial charge in [0.2, 0.25) is 0 Å². The van der Waals surface area contributed by atoms with Crippen LogP contribution in [0.15, 0.2) is 52.7 Å². The van der Waals surface area contributed by atoms with Gasteiger partial charge in [0.25, 0.3) is 0 Å². The molecule has 0 aliphatic carbocycles. The molecule has 0 atom stereocenters. The van der Waals surface area contributed by atoms with E-state index in [1.165, 1.54) is 16.5 Å². The first-order chi connectivity index (χ1) is 12.3. The van der Waals surface area contributed by atoms with Crippen molar-refractivity contribution >= 4 is 39.6 Å². The fourth-order valence-corrected chi connectivity index (χ4v) is 2.98. The second kappa shape index (κ2) is 6.84. The zero-order chi connectivity index (χ0) is 18.8. The van der Waals surface area contributed by atoms with Gasteiger partial charge in [0.1, 0.15) is 5.69 Å². The molecule has 3 rings (SSSR count). The third-order valence-electron chi connectivity index (χ3n) is 4.16. The van der Waals surface area contributed by atoms with Crippen LogP contribution in [-0.4, -0.2) is 6.03 Å². The summed E-state index contributed by atoms with van der Waals surface area (Å²) in [6.07, 6.45) is 0. The molecular weight excluding hydrogens is 326 g/mol. The van der Waals surface area contributed by atoms with E-state index >= 15 is 0 Å². The van der Waals surface area contributed by atoms with Crippen molar-refractivity contribution in [3.8, 4) is 0 Å². The summed E-state index contributed by atoms with van der Waals surface area (Å²) >= 11 is 0. The Kier molecular flexibility index (Phi) is 4.58. The number of benzene rings is 3. The topological polar surface area (TPSA) is 106 Å². The quantitative estimate of drug-likeness (QED) is 0.444. The molecule has 0 saturated carbocycles. The number of fused-ring (bicyclic) bond motifs is 1. The molecule has 0 unspecified atom stereocenters. The maximum atomic E-state index is 11.2. The number of nitrogen functional groups attached to an aromatic ring is 1. The van der Waals surface area contributed by atoms with E-state index in [2.05, 4.69) is 47.6 Å². The molecule has 0 radical (unpaired) electrons. The summed E-state index contributed by atoms with van der Waals surface area (Å²) < 4.78 is 0. The Labute approximate surface area is 151 Å². The van der Waals surface area contributed by atoms with Crippen molar-refractivity contribution in [2.75, 3.05) is 11.1 Å². The van der Waals surface area contributed by atoms with Crippen molar-refractivity contribution in [3.63, 3.8) is 0 Å². The lowest BCUT2D eigenvalue weighted by Gasteiger charge is -2.09. The molecule has 0 heterocycles. The average Bonchev–Trinajstić information content (AvgIpc) is 2.54. The lowest BCUT2D eigenvalue weighted by atomic mass is 9.99. The van der Waals surface area contributed by atoms with Gasteiger partial charge in [-0.2, -0.15) is 5.11 Å². The SMILES string of the molecule is Cc1cc(C)c2cc(N=Nc3ccc(N)cc3NC(N)=O)c(C)cc2c1. The highest BCUT2D eigenvalue weighted by molar-refractivity contribution is 5.92. The Bertz CT molecular complexity index is 1040. The minimum Gasteiger partial charge on any atom is -0.399 e. The fourth-order valence-electron chi connectivity index (χ4n) is 2.98. The molecule has 0 fully saturated rings. The maximum absolute atomic E-state index is 11.2. The predicted octanol–water partition coefficient (Wildman–Crippen LogP) is 5.25. The highest BCUT2D eigenvalue weighted by Gasteiger charge is 2.07. The van der Waals surface area contributed by atoms with Crippen molar-refractivity contribution in [1.29, 1.82) is 0 Å². The summed E-state index contributed by atoms with van der Waals surface area (Å²) in [6, 6.07) is 12.7. The fraction of sp³-hybridized carbons (Fsp3) is 0.150. The van der Waals surface area contributed by atoms with Crippen LogP contribution >= 0.6 is 0 Å². The molecule has 0 aromatic heterocycles. The zero-order valence-electron chi connectivity index (χ0n) is 15.0. The van der Waals surface area contributed by atoms with E-state index in [0.717, 1.165) is 16.6 Å². The molecular formula is C20H21N5O. The number of carbonyl (C=O) groups is 1. The first-order valence-corrected chi connectivity index (χ1v) is 8.23. The Morgan fingerprint density at radius 3 is 2.38 bits per heavy atom. The number of amides is 2. The van der Waals surface area contributed by atoms with E-state index in [9.17, 15) is 4.79 Å². The van der Waals surface area contributed by atoms with Crippen LogP contribution in [0.1, 0.15) is 16.7 Å². The number of urea groups is 1. The summed E-state index contributed by atoms with van der Waals surface area (Å²) in [5.74, 6) is 0. The average molecular weight is 347 g/mol. The molecule has 2 amide bonds. The Hall–Kier alpha value is -3.41. The first kappa shape index (κ1) is 17.4. The van der Waals surface area contributed by atoms with Crippen molar-refractivity contribution in [2.45, 2.75) is 20.8 Å². The molecule has 0 aliphatic heterocycles. The third kappa shape index (κ3) is 3.64. The van der Waals surface area contributed by atoms with Crippen LogP contribution in [0, 0.1) is 20.8 Å². The van der Waals surface area contributed by atoms with Crippen LogP contribution < -0.4 is 16.8 Å². The Morgan fingerprint density at radius 2 is 1.65 bits per heavy atom. The molecule has 0 spiro atoms. The summed E-state index contributed by atoms with van der Waals surface area (Å²) in [5.41, 5.74) is 16.6. The monoisotopic (exact) mass is 347 g/mol. The van der Waals surface area contributed by atoms with Gasteiger partial charge < -0.3 is 16.8 Å². The minimum absolute atomic E-state index is 0.423. The lowest BCUT2D eigenvalue weighted by molar-refractivity contribution is 0.259. The van der Waals surface area contributed by atoms with Crippen LogP contribution in [0.2, 0.25) is 0 Å². The summed E-state index contributed by atoms with van der Waals surface area (Å²) in [7, 11) is 0. The number of primary amides is 1. The van der Waals surface area contributed by atoms with Gasteiger partial charge in [-0.05, 0) is 73.0 Å². The highest BCUT2D eigenvalue weighted by atomic mass is 16.2. The number of hydrogen-bond donors (Lipinski definition) is 3. The minimum atomic E-state index is -0.681. The first-order valence-electron chi connectivity index (χ1n) is 8.23. The Balaban J connectivity index is 2.04. The van der Waals surface area contributed by atoms with Crippen LogP contribution in [0.4, 0.5) is 27.5 Å². The van der Waals surface area contributed by atoms with Gasteiger partial charge in [0.05, 0.1) is 11.4 Å². The molecule has 6 heteroatoms. The number of hydrogen-bond acceptors (Lipinski definition) is 4. The summed E-state index contributed by atoms with van der Waals surface area (Å²) in [4.78, 5) is 11.2. The number of azo groups is 1. The number of aryl methyl sites for hydroxylation is 3. The number of nitrogens with one attached hydrogen (secondary N) is 1. The Morgan fingerprint density at radius 1 is 0.923 bits per heavy atom. The van der Waals surface area contributed by atoms with Crippen LogP contribution in [-0.2, 0) is 0 Å². The van der Waals surface area contributed by atoms with Gasteiger partial charge in [-0.15, -0.1) is 5.11 Å². The molecule has 0 aliphatic rings. The molecule has 3 aromatic rings. The lowest BCUT2D eigenvalue weighted by Crippen LogP contribution is -2.19. The summed E-state index contributed by atoms with van der Waals surface area (Å²) in [5, 5.41) is 13.5. The van der Waals surface area contributed by atoms with Crippen molar-refractivity contribution in [2.24, 2.45) is 16.0 Å². The van der Waals surface area contributed by atoms with Crippen molar-refractivity contribution in [3.05, 3.63) is 59.2 Å². The maximum Gasteiger partial charge on any atom is 0.316 e. The number of rotatable bonds is 3. The smallest absolute Gasteiger partial charge is 0.316 e. The van der Waals surface area contributed by atoms with E-state index in [4.69, 9.17) is 11.5 Å². The van der Waals surface area contributed by atoms with E-state index < -0.39 is 6.03 Å². The second-order valence-corrected chi connectivity index (χ2v) is 6.41. The number of carbonyl (C=O) groups excluding carboxylic acids is 1. The van der Waals surface area contributed by atoms with Gasteiger partial charge in [0, 0.05) is 5.69 Å². The van der Waals surface area contributed by atoms with Gasteiger partial charge in [0.15, 0.2) is 0 Å². The highest BCUT2D eigenvalue weighted by Crippen LogP contribution is 2.32. The van der Waals surface area contributed by atoms with Gasteiger partial charge in [-0.25, -0.2) is 4.79 Å². The molecule has 5 N–H and O–H groups in total. The third-order valence-corrected chi connectivity index (χ3v) is 4.16. The standard InChI is InChI=1S/C20H21N5O/c1-11-6-12(2)16-10-18(13(3)8-14(16)7-11)25-24-17-5-4-15(21)9-19(17)23-20(22)26/h4-10H,21H2,1-3H3,(H3,22,23,26). The molecule has 132 valence electrons. The normalized spacial score (nSPS) is 11.2. The van der Waals surface area contributed by atoms with E-state index in [0.29, 0.717) is 17.1 Å². The second-order valence-electron chi connectivity index (χ2n) is 6.41. The zero-order valence-corrected chi connectivity index (χ0v) is 15.0. The number of nitrogens with zero attached hydrogens (tertiary/aromatic N) is 2. The van der Waals surface area contributed by atoms with Crippen molar-refractivity contribution < 1.29 is 4.79 Å². The molecule has 26 heavy (non-hydrogen) atoms.